The van der Waals surface area contributed by atoms with Crippen LogP contribution < -0.4 is 5.32 Å². The molecule has 1 atom stereocenters. The number of nitrogens with zero attached hydrogens (tertiary/aromatic N) is 1. The fourth-order valence-corrected chi connectivity index (χ4v) is 1.93. The number of hydrogen-bond donors (Lipinski definition) is 1. The Kier molecular flexibility index (Phi) is 1.87. The molecule has 0 aromatic rings. The van der Waals surface area contributed by atoms with E-state index in [1.54, 1.807) is 0 Å². The van der Waals surface area contributed by atoms with Crippen LogP contribution in [0.3, 0.4) is 0 Å². The predicted molar refractivity (Wildman–Crippen MR) is 43.4 cm³/mol. The zero-order valence-corrected chi connectivity index (χ0v) is 7.10. The molecule has 1 spiro atoms. The lowest BCUT2D eigenvalue weighted by Gasteiger charge is -2.34. The highest BCUT2D eigenvalue weighted by atomic mass is 16.5. The second kappa shape index (κ2) is 2.73. The summed E-state index contributed by atoms with van der Waals surface area (Å²) in [6.45, 7) is 4.26. The third kappa shape index (κ3) is 1.41. The Labute approximate surface area is 67.7 Å². The smallest absolute Gasteiger partial charge is 0.133 e. The van der Waals surface area contributed by atoms with Gasteiger partial charge in [-0.25, -0.2) is 0 Å². The average molecular weight is 156 g/mol. The topological polar surface area (TPSA) is 24.5 Å². The molecule has 1 N–H and O–H groups in total. The Bertz CT molecular complexity index is 138. The van der Waals surface area contributed by atoms with Crippen molar-refractivity contribution >= 4 is 0 Å². The summed E-state index contributed by atoms with van der Waals surface area (Å²) in [6.07, 6.45) is 2.30. The molecule has 11 heavy (non-hydrogen) atoms. The monoisotopic (exact) mass is 156 g/mol. The predicted octanol–water partition coefficient (Wildman–Crippen LogP) is 0.0281. The molecular formula is C8H16N2O. The lowest BCUT2D eigenvalue weighted by atomic mass is 10.1. The van der Waals surface area contributed by atoms with Gasteiger partial charge in [0.25, 0.3) is 0 Å². The van der Waals surface area contributed by atoms with Crippen molar-refractivity contribution in [2.45, 2.75) is 18.6 Å². The van der Waals surface area contributed by atoms with E-state index in [2.05, 4.69) is 17.3 Å². The normalized spacial score (nSPS) is 40.1. The van der Waals surface area contributed by atoms with Crippen molar-refractivity contribution in [1.29, 1.82) is 0 Å². The summed E-state index contributed by atoms with van der Waals surface area (Å²) in [4.78, 5) is 2.32. The van der Waals surface area contributed by atoms with Crippen molar-refractivity contribution in [2.24, 2.45) is 0 Å². The van der Waals surface area contributed by atoms with Gasteiger partial charge in [0.15, 0.2) is 0 Å². The standard InChI is InChI=1S/C8H16N2O/c1-10-5-3-8(7-10)9-4-2-6-11-8/h9H,2-7H2,1H3. The van der Waals surface area contributed by atoms with Crippen LogP contribution in [0.2, 0.25) is 0 Å². The molecule has 0 aromatic carbocycles. The molecule has 0 aromatic heterocycles. The molecule has 2 saturated heterocycles. The molecule has 0 bridgehead atoms. The number of likely N-dealkylation sites (tertiary alicyclic amines) is 1. The molecule has 2 rings (SSSR count). The number of ether oxygens (including phenoxy) is 1. The quantitative estimate of drug-likeness (QED) is 0.535. The maximum atomic E-state index is 5.74. The highest BCUT2D eigenvalue weighted by molar-refractivity contribution is 4.90. The van der Waals surface area contributed by atoms with Crippen molar-refractivity contribution in [3.63, 3.8) is 0 Å². The minimum Gasteiger partial charge on any atom is -0.359 e. The summed E-state index contributed by atoms with van der Waals surface area (Å²) in [7, 11) is 2.15. The van der Waals surface area contributed by atoms with E-state index >= 15 is 0 Å². The molecule has 0 radical (unpaired) electrons. The third-order valence-corrected chi connectivity index (χ3v) is 2.57. The number of nitrogens with one attached hydrogen (secondary N) is 1. The van der Waals surface area contributed by atoms with Gasteiger partial charge < -0.3 is 9.64 Å². The van der Waals surface area contributed by atoms with Gasteiger partial charge in [-0.05, 0) is 20.0 Å². The largest absolute Gasteiger partial charge is 0.359 e. The average Bonchev–Trinajstić information content (AvgIpc) is 2.34. The maximum Gasteiger partial charge on any atom is 0.133 e. The van der Waals surface area contributed by atoms with E-state index in [1.165, 1.54) is 0 Å². The van der Waals surface area contributed by atoms with Crippen LogP contribution in [0.1, 0.15) is 12.8 Å². The van der Waals surface area contributed by atoms with Crippen LogP contribution in [0, 0.1) is 0 Å². The van der Waals surface area contributed by atoms with Gasteiger partial charge in [-0.2, -0.15) is 0 Å². The van der Waals surface area contributed by atoms with Crippen LogP contribution >= 0.6 is 0 Å². The van der Waals surface area contributed by atoms with Gasteiger partial charge in [0.2, 0.25) is 0 Å². The van der Waals surface area contributed by atoms with Crippen molar-refractivity contribution in [1.82, 2.24) is 10.2 Å². The van der Waals surface area contributed by atoms with Gasteiger partial charge in [0.05, 0.1) is 6.61 Å². The molecule has 0 saturated carbocycles. The summed E-state index contributed by atoms with van der Waals surface area (Å²) in [5, 5.41) is 3.46. The molecule has 0 amide bonds. The first-order valence-corrected chi connectivity index (χ1v) is 4.38. The Morgan fingerprint density at radius 2 is 2.45 bits per heavy atom. The molecule has 3 nitrogen and oxygen atoms in total. The third-order valence-electron chi connectivity index (χ3n) is 2.57. The van der Waals surface area contributed by atoms with Crippen LogP contribution in [0.5, 0.6) is 0 Å². The van der Waals surface area contributed by atoms with Crippen LogP contribution in [0.25, 0.3) is 0 Å². The summed E-state index contributed by atoms with van der Waals surface area (Å²) in [5.41, 5.74) is 0.0208. The second-order valence-corrected chi connectivity index (χ2v) is 3.61. The summed E-state index contributed by atoms with van der Waals surface area (Å²) in [5.74, 6) is 0. The summed E-state index contributed by atoms with van der Waals surface area (Å²) in [6, 6.07) is 0. The Morgan fingerprint density at radius 3 is 3.00 bits per heavy atom. The van der Waals surface area contributed by atoms with Crippen LogP contribution in [0.15, 0.2) is 0 Å². The first-order chi connectivity index (χ1) is 5.31. The zero-order chi connectivity index (χ0) is 7.73. The Hall–Kier alpha value is -0.120. The van der Waals surface area contributed by atoms with E-state index in [0.717, 1.165) is 39.1 Å². The number of hydrogen-bond acceptors (Lipinski definition) is 3. The first kappa shape index (κ1) is 7.53. The molecular weight excluding hydrogens is 140 g/mol. The van der Waals surface area contributed by atoms with Crippen LogP contribution in [-0.4, -0.2) is 43.9 Å². The van der Waals surface area contributed by atoms with E-state index in [0.29, 0.717) is 0 Å². The van der Waals surface area contributed by atoms with E-state index in [1.807, 2.05) is 0 Å². The minimum atomic E-state index is 0.0208. The molecule has 2 fully saturated rings. The summed E-state index contributed by atoms with van der Waals surface area (Å²) >= 11 is 0. The van der Waals surface area contributed by atoms with Gasteiger partial charge in [0.1, 0.15) is 5.72 Å². The fourth-order valence-electron chi connectivity index (χ4n) is 1.93. The van der Waals surface area contributed by atoms with E-state index in [4.69, 9.17) is 4.74 Å². The molecule has 3 heteroatoms. The number of rotatable bonds is 0. The minimum absolute atomic E-state index is 0.0208. The molecule has 2 heterocycles. The van der Waals surface area contributed by atoms with Gasteiger partial charge in [-0.3, -0.25) is 5.32 Å². The highest BCUT2D eigenvalue weighted by Gasteiger charge is 2.38. The molecule has 64 valence electrons. The van der Waals surface area contributed by atoms with Crippen molar-refractivity contribution in [3.05, 3.63) is 0 Å². The summed E-state index contributed by atoms with van der Waals surface area (Å²) < 4.78 is 5.74. The number of likely N-dealkylation sites (N-methyl/N-ethyl adjacent to an activating group) is 1. The SMILES string of the molecule is CN1CCC2(C1)NCCCO2. The second-order valence-electron chi connectivity index (χ2n) is 3.61. The lowest BCUT2D eigenvalue weighted by Crippen LogP contribution is -2.53. The van der Waals surface area contributed by atoms with Crippen molar-refractivity contribution < 1.29 is 4.74 Å². The van der Waals surface area contributed by atoms with E-state index < -0.39 is 0 Å². The highest BCUT2D eigenvalue weighted by Crippen LogP contribution is 2.23. The van der Waals surface area contributed by atoms with Gasteiger partial charge in [-0.1, -0.05) is 0 Å². The van der Waals surface area contributed by atoms with Gasteiger partial charge in [0, 0.05) is 19.5 Å². The Morgan fingerprint density at radius 1 is 1.55 bits per heavy atom. The van der Waals surface area contributed by atoms with Crippen molar-refractivity contribution in [2.75, 3.05) is 33.3 Å². The fraction of sp³-hybridized carbons (Fsp3) is 1.00. The van der Waals surface area contributed by atoms with Crippen LogP contribution in [0.4, 0.5) is 0 Å². The lowest BCUT2D eigenvalue weighted by molar-refractivity contribution is -0.0851. The molecule has 0 aliphatic carbocycles. The van der Waals surface area contributed by atoms with E-state index in [-0.39, 0.29) is 5.72 Å². The molecule has 2 aliphatic heterocycles. The van der Waals surface area contributed by atoms with Crippen LogP contribution in [-0.2, 0) is 4.74 Å². The Balaban J connectivity index is 1.98. The van der Waals surface area contributed by atoms with Gasteiger partial charge >= 0.3 is 0 Å². The first-order valence-electron chi connectivity index (χ1n) is 4.38. The van der Waals surface area contributed by atoms with E-state index in [9.17, 15) is 0 Å². The molecule has 2 aliphatic rings. The van der Waals surface area contributed by atoms with Crippen molar-refractivity contribution in [3.8, 4) is 0 Å². The maximum absolute atomic E-state index is 5.74. The van der Waals surface area contributed by atoms with Gasteiger partial charge in [-0.15, -0.1) is 0 Å². The zero-order valence-electron chi connectivity index (χ0n) is 7.10. The molecule has 1 unspecified atom stereocenters.